The molecule has 0 aliphatic carbocycles. The molecular weight excluding hydrogens is 399 g/mol. The van der Waals surface area contributed by atoms with E-state index in [1.807, 2.05) is 0 Å². The highest BCUT2D eigenvalue weighted by atomic mass is 35.5. The monoisotopic (exact) mass is 415 g/mol. The van der Waals surface area contributed by atoms with Crippen LogP contribution in [0.15, 0.2) is 42.5 Å². The van der Waals surface area contributed by atoms with Gasteiger partial charge >= 0.3 is 12.2 Å². The summed E-state index contributed by atoms with van der Waals surface area (Å²) in [5.74, 6) is -0.316. The van der Waals surface area contributed by atoms with E-state index in [0.717, 1.165) is 0 Å². The molecule has 0 spiro atoms. The van der Waals surface area contributed by atoms with Crippen LogP contribution >= 0.6 is 11.6 Å². The fraction of sp³-hybridized carbons (Fsp3) is 0.222. The van der Waals surface area contributed by atoms with Crippen molar-refractivity contribution in [2.24, 2.45) is 0 Å². The molecule has 0 heterocycles. The fourth-order valence-corrected chi connectivity index (χ4v) is 2.39. The van der Waals surface area contributed by atoms with Crippen molar-refractivity contribution in [3.05, 3.63) is 53.1 Å². The van der Waals surface area contributed by atoms with Crippen LogP contribution < -0.4 is 20.7 Å². The van der Waals surface area contributed by atoms with E-state index in [0.29, 0.717) is 27.7 Å². The number of rotatable bonds is 6. The molecule has 0 atom stereocenters. The minimum absolute atomic E-state index is 0.206. The molecule has 0 aliphatic heterocycles. The molecular formula is C18H17ClF3N3O3. The van der Waals surface area contributed by atoms with Crippen LogP contribution in [0.5, 0.6) is 5.75 Å². The van der Waals surface area contributed by atoms with Crippen molar-refractivity contribution >= 4 is 34.9 Å². The van der Waals surface area contributed by atoms with Crippen LogP contribution in [0.4, 0.5) is 29.3 Å². The number of ether oxygens (including phenoxy) is 1. The zero-order valence-electron chi connectivity index (χ0n) is 14.7. The van der Waals surface area contributed by atoms with Gasteiger partial charge < -0.3 is 20.7 Å². The van der Waals surface area contributed by atoms with Crippen molar-refractivity contribution in [2.45, 2.75) is 12.6 Å². The maximum Gasteiger partial charge on any atom is 0.405 e. The van der Waals surface area contributed by atoms with Crippen LogP contribution in [0.25, 0.3) is 0 Å². The Balaban J connectivity index is 1.91. The van der Waals surface area contributed by atoms with Crippen molar-refractivity contribution in [1.82, 2.24) is 5.32 Å². The molecule has 6 nitrogen and oxygen atoms in total. The summed E-state index contributed by atoms with van der Waals surface area (Å²) >= 11 is 5.90. The normalized spacial score (nSPS) is 10.9. The second-order valence-electron chi connectivity index (χ2n) is 5.69. The van der Waals surface area contributed by atoms with Crippen LogP contribution in [0.3, 0.4) is 0 Å². The van der Waals surface area contributed by atoms with Crippen molar-refractivity contribution in [3.8, 4) is 5.75 Å². The zero-order valence-corrected chi connectivity index (χ0v) is 15.4. The highest BCUT2D eigenvalue weighted by Gasteiger charge is 2.27. The molecule has 0 bridgehead atoms. The largest absolute Gasteiger partial charge is 0.495 e. The number of anilines is 2. The number of halogens is 4. The molecule has 2 aromatic carbocycles. The summed E-state index contributed by atoms with van der Waals surface area (Å²) in [4.78, 5) is 23.6. The molecule has 28 heavy (non-hydrogen) atoms. The number of benzene rings is 2. The second kappa shape index (κ2) is 9.32. The molecule has 0 saturated heterocycles. The van der Waals surface area contributed by atoms with E-state index >= 15 is 0 Å². The molecule has 0 aliphatic rings. The average Bonchev–Trinajstić information content (AvgIpc) is 2.61. The summed E-state index contributed by atoms with van der Waals surface area (Å²) in [6.07, 6.45) is -4.66. The molecule has 0 aromatic heterocycles. The fourth-order valence-electron chi connectivity index (χ4n) is 2.22. The van der Waals surface area contributed by atoms with Crippen LogP contribution in [-0.2, 0) is 11.2 Å². The number of hydrogen-bond donors (Lipinski definition) is 3. The van der Waals surface area contributed by atoms with Gasteiger partial charge in [-0.2, -0.15) is 13.2 Å². The topological polar surface area (TPSA) is 79.5 Å². The first kappa shape index (κ1) is 21.4. The Hall–Kier alpha value is -2.94. The van der Waals surface area contributed by atoms with E-state index in [1.54, 1.807) is 17.4 Å². The van der Waals surface area contributed by atoms with Crippen molar-refractivity contribution < 1.29 is 27.5 Å². The Bertz CT molecular complexity index is 842. The lowest BCUT2D eigenvalue weighted by Crippen LogP contribution is -2.34. The number of nitrogens with one attached hydrogen (secondary N) is 3. The molecule has 0 unspecified atom stereocenters. The number of alkyl halides is 3. The highest BCUT2D eigenvalue weighted by molar-refractivity contribution is 6.31. The molecule has 0 fully saturated rings. The van der Waals surface area contributed by atoms with Gasteiger partial charge in [-0.1, -0.05) is 23.7 Å². The van der Waals surface area contributed by atoms with Gasteiger partial charge in [0.1, 0.15) is 12.3 Å². The smallest absolute Gasteiger partial charge is 0.405 e. The van der Waals surface area contributed by atoms with Gasteiger partial charge in [0.25, 0.3) is 0 Å². The van der Waals surface area contributed by atoms with Gasteiger partial charge in [0, 0.05) is 10.7 Å². The third-order valence-electron chi connectivity index (χ3n) is 3.47. The summed E-state index contributed by atoms with van der Waals surface area (Å²) in [7, 11) is 1.45. The van der Waals surface area contributed by atoms with Gasteiger partial charge in [0.15, 0.2) is 0 Å². The zero-order chi connectivity index (χ0) is 20.7. The SMILES string of the molecule is COc1ccc(Cl)cc1NC(=O)Nc1ccc(CC(=O)NCC(F)(F)F)cc1. The summed E-state index contributed by atoms with van der Waals surface area (Å²) < 4.78 is 41.4. The second-order valence-corrected chi connectivity index (χ2v) is 6.13. The quantitative estimate of drug-likeness (QED) is 0.661. The number of hydrogen-bond acceptors (Lipinski definition) is 3. The lowest BCUT2D eigenvalue weighted by molar-refractivity contribution is -0.138. The summed E-state index contributed by atoms with van der Waals surface area (Å²) in [5.41, 5.74) is 1.31. The van der Waals surface area contributed by atoms with Gasteiger partial charge in [-0.15, -0.1) is 0 Å². The third-order valence-corrected chi connectivity index (χ3v) is 3.71. The van der Waals surface area contributed by atoms with Crippen molar-refractivity contribution in [1.29, 1.82) is 0 Å². The molecule has 150 valence electrons. The molecule has 10 heteroatoms. The first-order valence-corrected chi connectivity index (χ1v) is 8.38. The number of carbonyl (C=O) groups is 2. The van der Waals surface area contributed by atoms with Gasteiger partial charge in [0.05, 0.1) is 19.2 Å². The molecule has 3 amide bonds. The van der Waals surface area contributed by atoms with Crippen LogP contribution in [0.2, 0.25) is 5.02 Å². The maximum atomic E-state index is 12.1. The molecule has 0 saturated carbocycles. The molecule has 0 radical (unpaired) electrons. The molecule has 2 aromatic rings. The van der Waals surface area contributed by atoms with Crippen molar-refractivity contribution in [3.63, 3.8) is 0 Å². The van der Waals surface area contributed by atoms with E-state index in [-0.39, 0.29) is 6.42 Å². The van der Waals surface area contributed by atoms with Gasteiger partial charge in [0.2, 0.25) is 5.91 Å². The van der Waals surface area contributed by atoms with Crippen LogP contribution in [0, 0.1) is 0 Å². The van der Waals surface area contributed by atoms with Crippen molar-refractivity contribution in [2.75, 3.05) is 24.3 Å². The van der Waals surface area contributed by atoms with E-state index in [1.165, 1.54) is 37.4 Å². The summed E-state index contributed by atoms with van der Waals surface area (Å²) in [5, 5.41) is 7.40. The lowest BCUT2D eigenvalue weighted by atomic mass is 10.1. The Morgan fingerprint density at radius 2 is 1.75 bits per heavy atom. The standard InChI is InChI=1S/C18H17ClF3N3O3/c1-28-15-7-4-12(19)9-14(15)25-17(27)24-13-5-2-11(3-6-13)8-16(26)23-10-18(20,21)22/h2-7,9H,8,10H2,1H3,(H,23,26)(H2,24,25,27). The van der Waals surface area contributed by atoms with E-state index in [4.69, 9.17) is 16.3 Å². The average molecular weight is 416 g/mol. The van der Waals surface area contributed by atoms with Crippen LogP contribution in [-0.4, -0.2) is 31.8 Å². The van der Waals surface area contributed by atoms with Gasteiger partial charge in [-0.3, -0.25) is 4.79 Å². The first-order valence-electron chi connectivity index (χ1n) is 8.00. The molecule has 3 N–H and O–H groups in total. The Kier molecular flexibility index (Phi) is 7.11. The van der Waals surface area contributed by atoms with Gasteiger partial charge in [-0.05, 0) is 35.9 Å². The van der Waals surface area contributed by atoms with E-state index in [9.17, 15) is 22.8 Å². The van der Waals surface area contributed by atoms with E-state index in [2.05, 4.69) is 10.6 Å². The minimum Gasteiger partial charge on any atom is -0.495 e. The van der Waals surface area contributed by atoms with Crippen LogP contribution in [0.1, 0.15) is 5.56 Å². The first-order chi connectivity index (χ1) is 13.2. The molecule has 2 rings (SSSR count). The Labute approximate surface area is 164 Å². The lowest BCUT2D eigenvalue weighted by Gasteiger charge is -2.12. The predicted octanol–water partition coefficient (Wildman–Crippen LogP) is 4.21. The van der Waals surface area contributed by atoms with E-state index < -0.39 is 24.7 Å². The minimum atomic E-state index is -4.46. The highest BCUT2D eigenvalue weighted by Crippen LogP contribution is 2.27. The number of carbonyl (C=O) groups excluding carboxylic acids is 2. The van der Waals surface area contributed by atoms with Gasteiger partial charge in [-0.25, -0.2) is 4.79 Å². The maximum absolute atomic E-state index is 12.1. The number of amides is 3. The number of urea groups is 1. The third kappa shape index (κ3) is 6.99. The summed E-state index contributed by atoms with van der Waals surface area (Å²) in [6.45, 7) is -1.38. The Morgan fingerprint density at radius 1 is 1.07 bits per heavy atom. The number of methoxy groups -OCH3 is 1. The Morgan fingerprint density at radius 3 is 2.36 bits per heavy atom. The predicted molar refractivity (Wildman–Crippen MR) is 99.9 cm³/mol. The summed E-state index contributed by atoms with van der Waals surface area (Å²) in [6, 6.07) is 10.3.